The van der Waals surface area contributed by atoms with Gasteiger partial charge in [-0.1, -0.05) is 29.8 Å². The van der Waals surface area contributed by atoms with E-state index < -0.39 is 0 Å². The summed E-state index contributed by atoms with van der Waals surface area (Å²) < 4.78 is 1.92. The average molecular weight is 244 g/mol. The first-order chi connectivity index (χ1) is 8.58. The molecule has 0 aliphatic heterocycles. The lowest BCUT2D eigenvalue weighted by atomic mass is 10.0. The van der Waals surface area contributed by atoms with Gasteiger partial charge in [0.15, 0.2) is 0 Å². The maximum Gasteiger partial charge on any atom is 0.138 e. The highest BCUT2D eigenvalue weighted by molar-refractivity contribution is 5.24. The number of aromatic nitrogens is 3. The predicted octanol–water partition coefficient (Wildman–Crippen LogP) is 2.41. The normalized spacial score (nSPS) is 12.9. The number of aryl methyl sites for hydroxylation is 1. The second-order valence-electron chi connectivity index (χ2n) is 4.94. The molecule has 1 heterocycles. The Balaban J connectivity index is 2.13. The summed E-state index contributed by atoms with van der Waals surface area (Å²) in [7, 11) is 0. The molecule has 1 aromatic heterocycles. The van der Waals surface area contributed by atoms with Crippen LogP contribution >= 0.6 is 0 Å². The van der Waals surface area contributed by atoms with Crippen LogP contribution in [0.25, 0.3) is 0 Å². The number of benzene rings is 1. The third-order valence-electron chi connectivity index (χ3n) is 3.04. The second kappa shape index (κ2) is 5.31. The Bertz CT molecular complexity index is 499. The fraction of sp³-hybridized carbons (Fsp3) is 0.429. The van der Waals surface area contributed by atoms with Crippen molar-refractivity contribution in [3.63, 3.8) is 0 Å². The quantitative estimate of drug-likeness (QED) is 0.898. The third-order valence-corrected chi connectivity index (χ3v) is 3.04. The molecule has 0 aliphatic carbocycles. The second-order valence-corrected chi connectivity index (χ2v) is 4.94. The van der Waals surface area contributed by atoms with Crippen LogP contribution in [0.1, 0.15) is 42.9 Å². The monoisotopic (exact) mass is 244 g/mol. The molecule has 2 rings (SSSR count). The van der Waals surface area contributed by atoms with Crippen LogP contribution in [0.3, 0.4) is 0 Å². The van der Waals surface area contributed by atoms with Gasteiger partial charge in [0.25, 0.3) is 0 Å². The van der Waals surface area contributed by atoms with E-state index in [2.05, 4.69) is 55.1 Å². The zero-order valence-electron chi connectivity index (χ0n) is 11.2. The minimum absolute atomic E-state index is 0.0349. The summed E-state index contributed by atoms with van der Waals surface area (Å²) in [5.41, 5.74) is 8.61. The van der Waals surface area contributed by atoms with E-state index in [0.29, 0.717) is 12.5 Å². The van der Waals surface area contributed by atoms with Gasteiger partial charge in [-0.3, -0.25) is 0 Å². The molecule has 0 radical (unpaired) electrons. The summed E-state index contributed by atoms with van der Waals surface area (Å²) in [5.74, 6) is 0.943. The maximum atomic E-state index is 6.22. The molecular weight excluding hydrogens is 224 g/mol. The van der Waals surface area contributed by atoms with Crippen molar-refractivity contribution in [1.82, 2.24) is 14.8 Å². The van der Waals surface area contributed by atoms with Crippen LogP contribution in [0.4, 0.5) is 0 Å². The molecule has 18 heavy (non-hydrogen) atoms. The number of nitrogens with two attached hydrogens (primary N) is 1. The first-order valence-electron chi connectivity index (χ1n) is 6.28. The van der Waals surface area contributed by atoms with Crippen LogP contribution in [0, 0.1) is 6.92 Å². The predicted molar refractivity (Wildman–Crippen MR) is 72.2 cm³/mol. The molecule has 96 valence electrons. The van der Waals surface area contributed by atoms with Crippen molar-refractivity contribution < 1.29 is 0 Å². The number of nitrogens with zero attached hydrogens (tertiary/aromatic N) is 3. The summed E-state index contributed by atoms with van der Waals surface area (Å²) in [6.07, 6.45) is 2.30. The lowest BCUT2D eigenvalue weighted by Crippen LogP contribution is -2.18. The molecule has 1 unspecified atom stereocenters. The molecule has 4 nitrogen and oxygen atoms in total. The summed E-state index contributed by atoms with van der Waals surface area (Å²) in [5, 5.41) is 4.23. The van der Waals surface area contributed by atoms with Gasteiger partial charge in [-0.15, -0.1) is 0 Å². The molecule has 0 fully saturated rings. The lowest BCUT2D eigenvalue weighted by molar-refractivity contribution is 0.493. The first kappa shape index (κ1) is 12.8. The summed E-state index contributed by atoms with van der Waals surface area (Å²) in [6.45, 7) is 6.26. The van der Waals surface area contributed by atoms with Crippen LogP contribution in [0.2, 0.25) is 0 Å². The summed E-state index contributed by atoms with van der Waals surface area (Å²) >= 11 is 0. The Morgan fingerprint density at radius 2 is 1.89 bits per heavy atom. The van der Waals surface area contributed by atoms with Gasteiger partial charge in [-0.05, 0) is 26.3 Å². The molecule has 2 N–H and O–H groups in total. The number of hydrogen-bond acceptors (Lipinski definition) is 3. The molecule has 0 bridgehead atoms. The van der Waals surface area contributed by atoms with Gasteiger partial charge in [0.1, 0.15) is 12.2 Å². The number of rotatable bonds is 4. The Morgan fingerprint density at radius 1 is 1.22 bits per heavy atom. The average Bonchev–Trinajstić information content (AvgIpc) is 2.78. The Labute approximate surface area is 108 Å². The van der Waals surface area contributed by atoms with Crippen LogP contribution < -0.4 is 5.73 Å². The standard InChI is InChI=1S/C14H20N4/c1-10(2)18-14(16-9-17-18)8-13(15)12-6-4-11(3)5-7-12/h4-7,9-10,13H,8,15H2,1-3H3. The van der Waals surface area contributed by atoms with Crippen molar-refractivity contribution in [2.75, 3.05) is 0 Å². The van der Waals surface area contributed by atoms with E-state index in [9.17, 15) is 0 Å². The van der Waals surface area contributed by atoms with E-state index in [1.807, 2.05) is 4.68 Å². The Hall–Kier alpha value is -1.68. The molecule has 1 atom stereocenters. The first-order valence-corrected chi connectivity index (χ1v) is 6.28. The van der Waals surface area contributed by atoms with Gasteiger partial charge in [0.2, 0.25) is 0 Å². The summed E-state index contributed by atoms with van der Waals surface area (Å²) in [4.78, 5) is 4.29. The molecule has 4 heteroatoms. The van der Waals surface area contributed by atoms with E-state index in [-0.39, 0.29) is 6.04 Å². The van der Waals surface area contributed by atoms with E-state index >= 15 is 0 Å². The van der Waals surface area contributed by atoms with Gasteiger partial charge in [0.05, 0.1) is 0 Å². The molecule has 0 saturated carbocycles. The van der Waals surface area contributed by atoms with E-state index in [1.54, 1.807) is 6.33 Å². The van der Waals surface area contributed by atoms with Gasteiger partial charge in [0, 0.05) is 18.5 Å². The molecule has 0 amide bonds. The van der Waals surface area contributed by atoms with Crippen molar-refractivity contribution in [2.45, 2.75) is 39.3 Å². The molecule has 1 aromatic carbocycles. The Kier molecular flexibility index (Phi) is 3.77. The van der Waals surface area contributed by atoms with Gasteiger partial charge in [-0.2, -0.15) is 5.10 Å². The van der Waals surface area contributed by atoms with Crippen molar-refractivity contribution in [3.05, 3.63) is 47.5 Å². The molecule has 2 aromatic rings. The van der Waals surface area contributed by atoms with Crippen molar-refractivity contribution in [3.8, 4) is 0 Å². The van der Waals surface area contributed by atoms with Gasteiger partial charge < -0.3 is 5.73 Å². The maximum absolute atomic E-state index is 6.22. The lowest BCUT2D eigenvalue weighted by Gasteiger charge is -2.14. The molecule has 0 spiro atoms. The SMILES string of the molecule is Cc1ccc(C(N)Cc2ncnn2C(C)C)cc1. The zero-order chi connectivity index (χ0) is 13.1. The highest BCUT2D eigenvalue weighted by Crippen LogP contribution is 2.17. The molecular formula is C14H20N4. The third kappa shape index (κ3) is 2.76. The fourth-order valence-corrected chi connectivity index (χ4v) is 1.98. The summed E-state index contributed by atoms with van der Waals surface area (Å²) in [6, 6.07) is 8.61. The van der Waals surface area contributed by atoms with E-state index in [1.165, 1.54) is 5.56 Å². The molecule has 0 aliphatic rings. The van der Waals surface area contributed by atoms with Crippen LogP contribution in [-0.4, -0.2) is 14.8 Å². The molecule has 0 saturated heterocycles. The minimum atomic E-state index is -0.0349. The smallest absolute Gasteiger partial charge is 0.138 e. The van der Waals surface area contributed by atoms with Gasteiger partial charge in [-0.25, -0.2) is 9.67 Å². The minimum Gasteiger partial charge on any atom is -0.324 e. The number of hydrogen-bond donors (Lipinski definition) is 1. The van der Waals surface area contributed by atoms with Crippen LogP contribution in [-0.2, 0) is 6.42 Å². The Morgan fingerprint density at radius 3 is 2.50 bits per heavy atom. The fourth-order valence-electron chi connectivity index (χ4n) is 1.98. The topological polar surface area (TPSA) is 56.7 Å². The highest BCUT2D eigenvalue weighted by atomic mass is 15.3. The van der Waals surface area contributed by atoms with Crippen molar-refractivity contribution in [1.29, 1.82) is 0 Å². The van der Waals surface area contributed by atoms with Crippen LogP contribution in [0.15, 0.2) is 30.6 Å². The van der Waals surface area contributed by atoms with E-state index in [0.717, 1.165) is 11.4 Å². The van der Waals surface area contributed by atoms with Crippen molar-refractivity contribution >= 4 is 0 Å². The van der Waals surface area contributed by atoms with Gasteiger partial charge >= 0.3 is 0 Å². The van der Waals surface area contributed by atoms with E-state index in [4.69, 9.17) is 5.73 Å². The highest BCUT2D eigenvalue weighted by Gasteiger charge is 2.13. The largest absolute Gasteiger partial charge is 0.324 e. The van der Waals surface area contributed by atoms with Crippen LogP contribution in [0.5, 0.6) is 0 Å². The zero-order valence-corrected chi connectivity index (χ0v) is 11.2. The van der Waals surface area contributed by atoms with Crippen molar-refractivity contribution in [2.24, 2.45) is 5.73 Å².